The van der Waals surface area contributed by atoms with Crippen molar-refractivity contribution in [3.05, 3.63) is 82.4 Å². The van der Waals surface area contributed by atoms with Gasteiger partial charge in [0.25, 0.3) is 0 Å². The highest BCUT2D eigenvalue weighted by Gasteiger charge is 2.09. The molecule has 4 rings (SSSR count). The van der Waals surface area contributed by atoms with Gasteiger partial charge in [0.05, 0.1) is 5.69 Å². The molecule has 8 nitrogen and oxygen atoms in total. The van der Waals surface area contributed by atoms with Crippen LogP contribution < -0.4 is 22.5 Å². The van der Waals surface area contributed by atoms with Gasteiger partial charge in [0, 0.05) is 30.4 Å². The predicted molar refractivity (Wildman–Crippen MR) is 129 cm³/mol. The summed E-state index contributed by atoms with van der Waals surface area (Å²) >= 11 is 0. The van der Waals surface area contributed by atoms with Gasteiger partial charge in [-0.3, -0.25) is 9.56 Å². The zero-order chi connectivity index (χ0) is 22.5. The van der Waals surface area contributed by atoms with Crippen LogP contribution in [0.2, 0.25) is 0 Å². The topological polar surface area (TPSA) is 127 Å². The minimum Gasteiger partial charge on any atom is -0.370 e. The number of aromatic nitrogens is 3. The maximum absolute atomic E-state index is 12.6. The molecule has 2 aromatic heterocycles. The van der Waals surface area contributed by atoms with Gasteiger partial charge in [0.1, 0.15) is 5.65 Å². The van der Waals surface area contributed by atoms with E-state index in [9.17, 15) is 4.79 Å². The largest absolute Gasteiger partial charge is 0.370 e. The Morgan fingerprint density at radius 1 is 1.16 bits per heavy atom. The van der Waals surface area contributed by atoms with Gasteiger partial charge in [-0.15, -0.1) is 0 Å². The molecule has 8 heteroatoms. The molecule has 2 heterocycles. The summed E-state index contributed by atoms with van der Waals surface area (Å²) in [7, 11) is 0. The zero-order valence-electron chi connectivity index (χ0n) is 18.0. The lowest BCUT2D eigenvalue weighted by Crippen LogP contribution is -2.23. The number of benzene rings is 2. The Bertz CT molecular complexity index is 1300. The lowest BCUT2D eigenvalue weighted by Gasteiger charge is -2.08. The molecule has 4 aromatic rings. The van der Waals surface area contributed by atoms with Gasteiger partial charge in [-0.25, -0.2) is 4.79 Å². The van der Waals surface area contributed by atoms with Gasteiger partial charge in [0.2, 0.25) is 0 Å². The SMILES string of the molecule is Cc1cccc(-c2cc3cn(-c4ccc(CNCCCN=C(N)N)cc4)c(=O)nc3[nH]2)c1. The second kappa shape index (κ2) is 9.49. The van der Waals surface area contributed by atoms with Gasteiger partial charge >= 0.3 is 5.69 Å². The minimum absolute atomic E-state index is 0.120. The Morgan fingerprint density at radius 2 is 1.97 bits per heavy atom. The molecule has 0 atom stereocenters. The molecule has 0 aliphatic heterocycles. The van der Waals surface area contributed by atoms with Crippen molar-refractivity contribution < 1.29 is 0 Å². The highest BCUT2D eigenvalue weighted by Crippen LogP contribution is 2.23. The molecule has 0 unspecified atom stereocenters. The van der Waals surface area contributed by atoms with Crippen LogP contribution in [0.25, 0.3) is 28.0 Å². The van der Waals surface area contributed by atoms with Crippen molar-refractivity contribution in [2.24, 2.45) is 16.5 Å². The molecule has 0 fully saturated rings. The molecule has 0 saturated heterocycles. The minimum atomic E-state index is -0.319. The zero-order valence-corrected chi connectivity index (χ0v) is 18.0. The number of nitrogens with one attached hydrogen (secondary N) is 2. The van der Waals surface area contributed by atoms with Crippen LogP contribution in [0.4, 0.5) is 0 Å². The average molecular weight is 430 g/mol. The van der Waals surface area contributed by atoms with Gasteiger partial charge < -0.3 is 21.8 Å². The molecule has 0 aliphatic rings. The Kier molecular flexibility index (Phi) is 6.32. The maximum Gasteiger partial charge on any atom is 0.354 e. The summed E-state index contributed by atoms with van der Waals surface area (Å²) in [5, 5.41) is 4.24. The molecule has 0 aliphatic carbocycles. The molecule has 0 amide bonds. The van der Waals surface area contributed by atoms with Crippen LogP contribution in [-0.2, 0) is 6.54 Å². The monoisotopic (exact) mass is 429 g/mol. The number of fused-ring (bicyclic) bond motifs is 1. The van der Waals surface area contributed by atoms with Crippen LogP contribution >= 0.6 is 0 Å². The van der Waals surface area contributed by atoms with E-state index in [4.69, 9.17) is 11.5 Å². The van der Waals surface area contributed by atoms with E-state index in [-0.39, 0.29) is 11.6 Å². The summed E-state index contributed by atoms with van der Waals surface area (Å²) in [4.78, 5) is 24.1. The van der Waals surface area contributed by atoms with E-state index >= 15 is 0 Å². The standard InChI is InChI=1S/C24H27N7O/c1-16-4-2-5-18(12-16)21-13-19-15-31(24(32)30-22(19)29-21)20-8-6-17(7-9-20)14-27-10-3-11-28-23(25)26/h2,4-9,12-13,15,27H,3,10-11,14H2,1H3,(H4,25,26,28)(H,29,30,32). The summed E-state index contributed by atoms with van der Waals surface area (Å²) in [6.45, 7) is 4.21. The third-order valence-electron chi connectivity index (χ3n) is 5.19. The van der Waals surface area contributed by atoms with Crippen molar-refractivity contribution in [3.8, 4) is 16.9 Å². The smallest absolute Gasteiger partial charge is 0.354 e. The van der Waals surface area contributed by atoms with Crippen LogP contribution in [0, 0.1) is 6.92 Å². The number of rotatable bonds is 8. The number of aromatic amines is 1. The molecule has 0 saturated carbocycles. The van der Waals surface area contributed by atoms with E-state index in [0.717, 1.165) is 47.4 Å². The summed E-state index contributed by atoms with van der Waals surface area (Å²) in [5.74, 6) is 0.120. The normalized spacial score (nSPS) is 11.0. The van der Waals surface area contributed by atoms with Crippen molar-refractivity contribution in [1.29, 1.82) is 0 Å². The van der Waals surface area contributed by atoms with E-state index in [1.54, 1.807) is 4.57 Å². The summed E-state index contributed by atoms with van der Waals surface area (Å²) < 4.78 is 1.57. The molecule has 0 radical (unpaired) electrons. The van der Waals surface area contributed by atoms with E-state index < -0.39 is 0 Å². The number of hydrogen-bond donors (Lipinski definition) is 4. The first-order valence-corrected chi connectivity index (χ1v) is 10.5. The fraction of sp³-hybridized carbons (Fsp3) is 0.208. The van der Waals surface area contributed by atoms with Crippen molar-refractivity contribution in [2.75, 3.05) is 13.1 Å². The van der Waals surface area contributed by atoms with Crippen LogP contribution in [0.5, 0.6) is 0 Å². The van der Waals surface area contributed by atoms with Crippen molar-refractivity contribution >= 4 is 17.0 Å². The Balaban J connectivity index is 1.47. The molecule has 32 heavy (non-hydrogen) atoms. The van der Waals surface area contributed by atoms with Crippen molar-refractivity contribution in [1.82, 2.24) is 19.9 Å². The highest BCUT2D eigenvalue weighted by molar-refractivity contribution is 5.82. The number of aliphatic imine (C=N–C) groups is 1. The van der Waals surface area contributed by atoms with Gasteiger partial charge in [-0.1, -0.05) is 35.9 Å². The van der Waals surface area contributed by atoms with E-state index in [1.165, 1.54) is 5.56 Å². The summed E-state index contributed by atoms with van der Waals surface area (Å²) in [6, 6.07) is 18.1. The van der Waals surface area contributed by atoms with E-state index in [1.807, 2.05) is 48.7 Å². The number of guanidine groups is 1. The number of aryl methyl sites for hydroxylation is 1. The van der Waals surface area contributed by atoms with E-state index in [2.05, 4.69) is 39.3 Å². The molecular weight excluding hydrogens is 402 g/mol. The fourth-order valence-electron chi connectivity index (χ4n) is 3.57. The third kappa shape index (κ3) is 5.04. The quantitative estimate of drug-likeness (QED) is 0.194. The number of H-pyrrole nitrogens is 1. The Morgan fingerprint density at radius 3 is 2.72 bits per heavy atom. The first-order valence-electron chi connectivity index (χ1n) is 10.5. The highest BCUT2D eigenvalue weighted by atomic mass is 16.1. The van der Waals surface area contributed by atoms with Gasteiger partial charge in [-0.2, -0.15) is 4.98 Å². The number of nitrogens with two attached hydrogens (primary N) is 2. The number of hydrogen-bond acceptors (Lipinski definition) is 4. The van der Waals surface area contributed by atoms with E-state index in [0.29, 0.717) is 12.2 Å². The van der Waals surface area contributed by atoms with Crippen LogP contribution in [0.1, 0.15) is 17.5 Å². The molecule has 0 spiro atoms. The van der Waals surface area contributed by atoms with Crippen LogP contribution in [0.15, 0.2) is 70.6 Å². The first-order chi connectivity index (χ1) is 15.5. The van der Waals surface area contributed by atoms with Crippen LogP contribution in [-0.4, -0.2) is 33.6 Å². The third-order valence-corrected chi connectivity index (χ3v) is 5.19. The van der Waals surface area contributed by atoms with Gasteiger partial charge in [0.15, 0.2) is 5.96 Å². The molecular formula is C24H27N7O. The van der Waals surface area contributed by atoms with Crippen molar-refractivity contribution in [2.45, 2.75) is 19.9 Å². The number of nitrogens with zero attached hydrogens (tertiary/aromatic N) is 3. The molecule has 164 valence electrons. The lowest BCUT2D eigenvalue weighted by molar-refractivity contribution is 0.655. The predicted octanol–water partition coefficient (Wildman–Crippen LogP) is 2.44. The van der Waals surface area contributed by atoms with Crippen LogP contribution in [0.3, 0.4) is 0 Å². The molecule has 0 bridgehead atoms. The molecule has 2 aromatic carbocycles. The van der Waals surface area contributed by atoms with Crippen molar-refractivity contribution in [3.63, 3.8) is 0 Å². The molecule has 6 N–H and O–H groups in total. The Labute approximate surface area is 186 Å². The lowest BCUT2D eigenvalue weighted by atomic mass is 10.1. The first kappa shape index (κ1) is 21.3. The second-order valence-electron chi connectivity index (χ2n) is 7.75. The fourth-order valence-corrected chi connectivity index (χ4v) is 3.57. The maximum atomic E-state index is 12.6. The Hall–Kier alpha value is -3.91. The van der Waals surface area contributed by atoms with Gasteiger partial charge in [-0.05, 0) is 55.3 Å². The second-order valence-corrected chi connectivity index (χ2v) is 7.75. The summed E-state index contributed by atoms with van der Waals surface area (Å²) in [6.07, 6.45) is 2.69. The summed E-state index contributed by atoms with van der Waals surface area (Å²) in [5.41, 5.74) is 16.0. The average Bonchev–Trinajstić information content (AvgIpc) is 3.19.